The van der Waals surface area contributed by atoms with E-state index >= 15 is 0 Å². The van der Waals surface area contributed by atoms with E-state index < -0.39 is 0 Å². The molecule has 9 heavy (non-hydrogen) atoms. The Kier molecular flexibility index (Phi) is 3.71. The van der Waals surface area contributed by atoms with Crippen molar-refractivity contribution >= 4 is 5.91 Å². The maximum absolute atomic E-state index is 10.8. The lowest BCUT2D eigenvalue weighted by atomic mass is 10.5. The zero-order valence-corrected chi connectivity index (χ0v) is 6.01. The fraction of sp³-hybridized carbons (Fsp3) is 0.500. The van der Waals surface area contributed by atoms with Gasteiger partial charge in [0, 0.05) is 20.2 Å². The van der Waals surface area contributed by atoms with E-state index in [2.05, 4.69) is 5.43 Å². The van der Waals surface area contributed by atoms with Crippen LogP contribution in [0.5, 0.6) is 0 Å². The zero-order valence-electron chi connectivity index (χ0n) is 6.01. The van der Waals surface area contributed by atoms with Gasteiger partial charge in [0.2, 0.25) is 0 Å². The molecule has 0 aliphatic rings. The third kappa shape index (κ3) is 2.87. The maximum Gasteiger partial charge on any atom is 0.260 e. The van der Waals surface area contributed by atoms with Crippen molar-refractivity contribution in [1.29, 1.82) is 0 Å². The predicted octanol–water partition coefficient (Wildman–Crippen LogP) is 0.155. The number of hydrogen-bond acceptors (Lipinski definition) is 2. The van der Waals surface area contributed by atoms with Gasteiger partial charge in [-0.3, -0.25) is 9.80 Å². The number of hydrazine groups is 1. The standard InChI is InChI=1S/C6H12N2O/c1-4-5-6(9)8(3)7-2/h4-5,7H,1-3H3. The van der Waals surface area contributed by atoms with E-state index in [0.717, 1.165) is 0 Å². The number of allylic oxidation sites excluding steroid dienone is 1. The van der Waals surface area contributed by atoms with Crippen LogP contribution >= 0.6 is 0 Å². The Hall–Kier alpha value is -0.830. The minimum absolute atomic E-state index is 0.0417. The minimum atomic E-state index is -0.0417. The number of likely N-dealkylation sites (N-methyl/N-ethyl adjacent to an activating group) is 1. The van der Waals surface area contributed by atoms with Crippen LogP contribution in [-0.4, -0.2) is 25.0 Å². The van der Waals surface area contributed by atoms with Gasteiger partial charge in [0.1, 0.15) is 0 Å². The molecule has 52 valence electrons. The molecule has 0 radical (unpaired) electrons. The lowest BCUT2D eigenvalue weighted by Gasteiger charge is -2.11. The van der Waals surface area contributed by atoms with Crippen molar-refractivity contribution in [2.75, 3.05) is 14.1 Å². The number of hydrogen-bond donors (Lipinski definition) is 1. The van der Waals surface area contributed by atoms with Gasteiger partial charge in [0.15, 0.2) is 0 Å². The van der Waals surface area contributed by atoms with Gasteiger partial charge in [-0.25, -0.2) is 5.43 Å². The van der Waals surface area contributed by atoms with Crippen LogP contribution < -0.4 is 5.43 Å². The van der Waals surface area contributed by atoms with E-state index in [0.29, 0.717) is 0 Å². The van der Waals surface area contributed by atoms with Gasteiger partial charge in [-0.1, -0.05) is 6.08 Å². The highest BCUT2D eigenvalue weighted by molar-refractivity contribution is 5.86. The number of amides is 1. The molecule has 0 unspecified atom stereocenters. The van der Waals surface area contributed by atoms with Crippen molar-refractivity contribution in [1.82, 2.24) is 10.4 Å². The Morgan fingerprint density at radius 2 is 2.22 bits per heavy atom. The largest absolute Gasteiger partial charge is 0.278 e. The van der Waals surface area contributed by atoms with Gasteiger partial charge in [0.25, 0.3) is 5.91 Å². The van der Waals surface area contributed by atoms with Gasteiger partial charge in [-0.05, 0) is 6.92 Å². The molecule has 0 saturated carbocycles. The van der Waals surface area contributed by atoms with E-state index in [-0.39, 0.29) is 5.91 Å². The third-order valence-corrected chi connectivity index (χ3v) is 0.975. The summed E-state index contributed by atoms with van der Waals surface area (Å²) in [6.07, 6.45) is 3.20. The van der Waals surface area contributed by atoms with Crippen molar-refractivity contribution < 1.29 is 4.79 Å². The van der Waals surface area contributed by atoms with E-state index in [1.807, 2.05) is 0 Å². The Labute approximate surface area is 55.3 Å². The second-order valence-electron chi connectivity index (χ2n) is 1.62. The number of nitrogens with one attached hydrogen (secondary N) is 1. The Balaban J connectivity index is 3.73. The van der Waals surface area contributed by atoms with E-state index in [1.54, 1.807) is 27.1 Å². The van der Waals surface area contributed by atoms with Gasteiger partial charge in [-0.15, -0.1) is 0 Å². The van der Waals surface area contributed by atoms with Crippen LogP contribution in [0.4, 0.5) is 0 Å². The zero-order chi connectivity index (χ0) is 7.28. The molecule has 1 amide bonds. The summed E-state index contributed by atoms with van der Waals surface area (Å²) in [5.74, 6) is -0.0417. The molecule has 0 saturated heterocycles. The van der Waals surface area contributed by atoms with Crippen LogP contribution in [0, 0.1) is 0 Å². The molecule has 1 N–H and O–H groups in total. The second kappa shape index (κ2) is 4.09. The molecular formula is C6H12N2O. The van der Waals surface area contributed by atoms with Gasteiger partial charge in [0.05, 0.1) is 0 Å². The highest BCUT2D eigenvalue weighted by atomic mass is 16.2. The Bertz CT molecular complexity index is 120. The summed E-state index contributed by atoms with van der Waals surface area (Å²) in [7, 11) is 3.36. The summed E-state index contributed by atoms with van der Waals surface area (Å²) in [5.41, 5.74) is 2.68. The summed E-state index contributed by atoms with van der Waals surface area (Å²) in [5, 5.41) is 1.40. The first-order valence-electron chi connectivity index (χ1n) is 2.80. The van der Waals surface area contributed by atoms with Crippen molar-refractivity contribution in [2.45, 2.75) is 6.92 Å². The fourth-order valence-electron chi connectivity index (χ4n) is 0.365. The summed E-state index contributed by atoms with van der Waals surface area (Å²) in [6.45, 7) is 1.81. The molecule has 0 atom stereocenters. The molecule has 0 aromatic carbocycles. The molecule has 0 aromatic rings. The van der Waals surface area contributed by atoms with Gasteiger partial charge < -0.3 is 0 Å². The minimum Gasteiger partial charge on any atom is -0.278 e. The monoisotopic (exact) mass is 128 g/mol. The molecule has 3 nitrogen and oxygen atoms in total. The van der Waals surface area contributed by atoms with Gasteiger partial charge in [-0.2, -0.15) is 0 Å². The highest BCUT2D eigenvalue weighted by Gasteiger charge is 1.97. The molecule has 0 aromatic heterocycles. The Morgan fingerprint density at radius 3 is 2.56 bits per heavy atom. The number of nitrogens with zero attached hydrogens (tertiary/aromatic N) is 1. The molecule has 0 bridgehead atoms. The van der Waals surface area contributed by atoms with Crippen molar-refractivity contribution in [3.8, 4) is 0 Å². The summed E-state index contributed by atoms with van der Waals surface area (Å²) >= 11 is 0. The summed E-state index contributed by atoms with van der Waals surface area (Å²) in [4.78, 5) is 10.8. The van der Waals surface area contributed by atoms with Crippen LogP contribution in [0.1, 0.15) is 6.92 Å². The highest BCUT2D eigenvalue weighted by Crippen LogP contribution is 1.78. The van der Waals surface area contributed by atoms with Crippen LogP contribution in [0.3, 0.4) is 0 Å². The van der Waals surface area contributed by atoms with Crippen LogP contribution in [-0.2, 0) is 4.79 Å². The lowest BCUT2D eigenvalue weighted by molar-refractivity contribution is -0.127. The third-order valence-electron chi connectivity index (χ3n) is 0.975. The number of carbonyl (C=O) groups excluding carboxylic acids is 1. The lowest BCUT2D eigenvalue weighted by Crippen LogP contribution is -2.35. The fourth-order valence-corrected chi connectivity index (χ4v) is 0.365. The first-order chi connectivity index (χ1) is 4.22. The van der Waals surface area contributed by atoms with Gasteiger partial charge >= 0.3 is 0 Å². The summed E-state index contributed by atoms with van der Waals surface area (Å²) in [6, 6.07) is 0. The molecule has 0 fully saturated rings. The van der Waals surface area contributed by atoms with E-state index in [1.165, 1.54) is 11.1 Å². The molecule has 3 heteroatoms. The van der Waals surface area contributed by atoms with E-state index in [4.69, 9.17) is 0 Å². The normalized spacial score (nSPS) is 10.1. The Morgan fingerprint density at radius 1 is 1.67 bits per heavy atom. The average Bonchev–Trinajstić information content (AvgIpc) is 1.87. The quantitative estimate of drug-likeness (QED) is 0.424. The SMILES string of the molecule is CC=CC(=O)N(C)NC. The molecule has 0 spiro atoms. The molecule has 0 aliphatic heterocycles. The summed E-state index contributed by atoms with van der Waals surface area (Å²) < 4.78 is 0. The first-order valence-corrected chi connectivity index (χ1v) is 2.80. The molecule has 0 rings (SSSR count). The first kappa shape index (κ1) is 8.17. The number of rotatable bonds is 2. The average molecular weight is 128 g/mol. The van der Waals surface area contributed by atoms with Crippen LogP contribution in [0.25, 0.3) is 0 Å². The maximum atomic E-state index is 10.8. The van der Waals surface area contributed by atoms with E-state index in [9.17, 15) is 4.79 Å². The van der Waals surface area contributed by atoms with Crippen LogP contribution in [0.15, 0.2) is 12.2 Å². The number of carbonyl (C=O) groups is 1. The topological polar surface area (TPSA) is 32.3 Å². The predicted molar refractivity (Wildman–Crippen MR) is 36.6 cm³/mol. The molecule has 0 heterocycles. The van der Waals surface area contributed by atoms with Crippen molar-refractivity contribution in [2.24, 2.45) is 0 Å². The molecular weight excluding hydrogens is 116 g/mol. The second-order valence-corrected chi connectivity index (χ2v) is 1.62. The van der Waals surface area contributed by atoms with Crippen molar-refractivity contribution in [3.63, 3.8) is 0 Å². The van der Waals surface area contributed by atoms with Crippen molar-refractivity contribution in [3.05, 3.63) is 12.2 Å². The smallest absolute Gasteiger partial charge is 0.260 e. The molecule has 0 aliphatic carbocycles. The van der Waals surface area contributed by atoms with Crippen LogP contribution in [0.2, 0.25) is 0 Å².